The summed E-state index contributed by atoms with van der Waals surface area (Å²) >= 11 is 0. The lowest BCUT2D eigenvalue weighted by Gasteiger charge is -2.17. The Bertz CT molecular complexity index is 615. The zero-order valence-electron chi connectivity index (χ0n) is 13.5. The number of anilines is 1. The van der Waals surface area contributed by atoms with Crippen LogP contribution in [-0.2, 0) is 11.3 Å². The normalized spacial score (nSPS) is 10.5. The van der Waals surface area contributed by atoms with E-state index in [9.17, 15) is 4.79 Å². The molecule has 0 N–H and O–H groups in total. The minimum Gasteiger partial charge on any atom is -0.378 e. The van der Waals surface area contributed by atoms with Crippen LogP contribution in [0.5, 0.6) is 0 Å². The fraction of sp³-hybridized carbons (Fsp3) is 0.467. The summed E-state index contributed by atoms with van der Waals surface area (Å²) in [6, 6.07) is 7.89. The summed E-state index contributed by atoms with van der Waals surface area (Å²) in [7, 11) is 3.98. The molecule has 0 saturated carbocycles. The average molecular weight is 302 g/mol. The summed E-state index contributed by atoms with van der Waals surface area (Å²) in [6.45, 7) is 5.39. The Labute approximate surface area is 130 Å². The molecule has 0 bridgehead atoms. The highest BCUT2D eigenvalue weighted by Gasteiger charge is 2.13. The second-order valence-corrected chi connectivity index (χ2v) is 5.15. The molecule has 1 amide bonds. The number of nitrogens with zero attached hydrogens (tertiary/aromatic N) is 6. The van der Waals surface area contributed by atoms with Crippen molar-refractivity contribution in [2.45, 2.75) is 20.4 Å². The topological polar surface area (TPSA) is 67.2 Å². The smallest absolute Gasteiger partial charge is 0.246 e. The van der Waals surface area contributed by atoms with E-state index in [0.717, 1.165) is 11.3 Å². The number of carbonyl (C=O) groups excluding carboxylic acids is 1. The van der Waals surface area contributed by atoms with Gasteiger partial charge >= 0.3 is 0 Å². The molecular formula is C15H22N6O. The zero-order valence-corrected chi connectivity index (χ0v) is 13.5. The monoisotopic (exact) mass is 302 g/mol. The van der Waals surface area contributed by atoms with Gasteiger partial charge in [-0.2, -0.15) is 4.80 Å². The van der Waals surface area contributed by atoms with Gasteiger partial charge in [0.15, 0.2) is 0 Å². The first-order valence-electron chi connectivity index (χ1n) is 7.38. The number of hydrogen-bond donors (Lipinski definition) is 0. The number of hydrogen-bond acceptors (Lipinski definition) is 5. The van der Waals surface area contributed by atoms with Gasteiger partial charge in [0.1, 0.15) is 6.54 Å². The lowest BCUT2D eigenvalue weighted by Crippen LogP contribution is -2.34. The second kappa shape index (κ2) is 7.02. The Hall–Kier alpha value is -2.44. The first-order valence-corrected chi connectivity index (χ1v) is 7.38. The molecule has 0 aliphatic rings. The fourth-order valence-corrected chi connectivity index (χ4v) is 2.13. The summed E-state index contributed by atoms with van der Waals surface area (Å²) in [5, 5.41) is 12.3. The summed E-state index contributed by atoms with van der Waals surface area (Å²) in [5.41, 5.74) is 1.99. The van der Waals surface area contributed by atoms with Crippen LogP contribution in [0.2, 0.25) is 0 Å². The van der Waals surface area contributed by atoms with Crippen molar-refractivity contribution in [2.75, 3.05) is 32.1 Å². The van der Waals surface area contributed by atoms with E-state index in [1.807, 2.05) is 57.1 Å². The molecular weight excluding hydrogens is 280 g/mol. The van der Waals surface area contributed by atoms with Crippen molar-refractivity contribution in [1.82, 2.24) is 25.1 Å². The van der Waals surface area contributed by atoms with Gasteiger partial charge in [0, 0.05) is 38.4 Å². The maximum absolute atomic E-state index is 12.0. The van der Waals surface area contributed by atoms with Crippen LogP contribution in [0.3, 0.4) is 0 Å². The van der Waals surface area contributed by atoms with Crippen molar-refractivity contribution in [3.05, 3.63) is 24.3 Å². The molecule has 7 nitrogen and oxygen atoms in total. The summed E-state index contributed by atoms with van der Waals surface area (Å²) in [6.07, 6.45) is 0. The highest BCUT2D eigenvalue weighted by molar-refractivity contribution is 5.75. The van der Waals surface area contributed by atoms with Crippen LogP contribution >= 0.6 is 0 Å². The summed E-state index contributed by atoms with van der Waals surface area (Å²) in [5.74, 6) is 0.523. The molecule has 0 fully saturated rings. The van der Waals surface area contributed by atoms with Crippen LogP contribution in [-0.4, -0.2) is 58.2 Å². The van der Waals surface area contributed by atoms with Crippen LogP contribution in [0, 0.1) is 0 Å². The Balaban J connectivity index is 2.09. The predicted molar refractivity (Wildman–Crippen MR) is 85.5 cm³/mol. The van der Waals surface area contributed by atoms with Crippen molar-refractivity contribution >= 4 is 11.6 Å². The molecule has 1 aromatic heterocycles. The highest BCUT2D eigenvalue weighted by atomic mass is 16.2. The number of rotatable bonds is 6. The molecule has 0 aliphatic carbocycles. The Morgan fingerprint density at radius 3 is 2.32 bits per heavy atom. The van der Waals surface area contributed by atoms with Crippen molar-refractivity contribution in [1.29, 1.82) is 0 Å². The molecule has 22 heavy (non-hydrogen) atoms. The van der Waals surface area contributed by atoms with Gasteiger partial charge in [0.2, 0.25) is 11.7 Å². The van der Waals surface area contributed by atoms with E-state index in [0.29, 0.717) is 18.9 Å². The minimum atomic E-state index is -0.00287. The van der Waals surface area contributed by atoms with Crippen LogP contribution in [0.15, 0.2) is 24.3 Å². The second-order valence-electron chi connectivity index (χ2n) is 5.15. The van der Waals surface area contributed by atoms with E-state index >= 15 is 0 Å². The molecule has 1 aromatic carbocycles. The summed E-state index contributed by atoms with van der Waals surface area (Å²) in [4.78, 5) is 17.1. The van der Waals surface area contributed by atoms with Gasteiger partial charge < -0.3 is 9.80 Å². The van der Waals surface area contributed by atoms with Crippen molar-refractivity contribution < 1.29 is 4.79 Å². The highest BCUT2D eigenvalue weighted by Crippen LogP contribution is 2.18. The third-order valence-corrected chi connectivity index (χ3v) is 3.49. The maximum atomic E-state index is 12.0. The van der Waals surface area contributed by atoms with E-state index < -0.39 is 0 Å². The molecule has 0 unspecified atom stereocenters. The largest absolute Gasteiger partial charge is 0.378 e. The molecule has 0 saturated heterocycles. The number of carbonyl (C=O) groups is 1. The lowest BCUT2D eigenvalue weighted by atomic mass is 10.2. The third kappa shape index (κ3) is 3.60. The number of aromatic nitrogens is 4. The van der Waals surface area contributed by atoms with Crippen LogP contribution < -0.4 is 4.90 Å². The Kier molecular flexibility index (Phi) is 5.08. The van der Waals surface area contributed by atoms with Gasteiger partial charge in [0.25, 0.3) is 0 Å². The van der Waals surface area contributed by atoms with Crippen LogP contribution in [0.1, 0.15) is 13.8 Å². The Morgan fingerprint density at radius 2 is 1.77 bits per heavy atom. The van der Waals surface area contributed by atoms with Crippen molar-refractivity contribution in [2.24, 2.45) is 0 Å². The first-order chi connectivity index (χ1) is 10.5. The van der Waals surface area contributed by atoms with Gasteiger partial charge in [0.05, 0.1) is 0 Å². The van der Waals surface area contributed by atoms with Crippen molar-refractivity contribution in [3.8, 4) is 11.4 Å². The van der Waals surface area contributed by atoms with E-state index in [2.05, 4.69) is 15.4 Å². The molecule has 0 aliphatic heterocycles. The fourth-order valence-electron chi connectivity index (χ4n) is 2.13. The standard InChI is InChI=1S/C15H22N6O/c1-5-20(6-2)14(22)11-21-17-15(16-18-21)12-7-9-13(10-8-12)19(3)4/h7-10H,5-6,11H2,1-4H3. The van der Waals surface area contributed by atoms with E-state index in [-0.39, 0.29) is 12.5 Å². The molecule has 0 atom stereocenters. The zero-order chi connectivity index (χ0) is 16.1. The number of benzene rings is 1. The number of tetrazole rings is 1. The van der Waals surface area contributed by atoms with Gasteiger partial charge in [-0.05, 0) is 43.3 Å². The van der Waals surface area contributed by atoms with Crippen molar-refractivity contribution in [3.63, 3.8) is 0 Å². The van der Waals surface area contributed by atoms with Gasteiger partial charge in [-0.3, -0.25) is 4.79 Å². The number of amides is 1. The maximum Gasteiger partial charge on any atom is 0.246 e. The van der Waals surface area contributed by atoms with E-state index in [1.165, 1.54) is 4.80 Å². The molecule has 118 valence electrons. The number of likely N-dealkylation sites (N-methyl/N-ethyl adjacent to an activating group) is 1. The molecule has 0 radical (unpaired) electrons. The molecule has 1 heterocycles. The predicted octanol–water partition coefficient (Wildman–Crippen LogP) is 1.27. The van der Waals surface area contributed by atoms with Gasteiger partial charge in [-0.25, -0.2) is 0 Å². The van der Waals surface area contributed by atoms with Gasteiger partial charge in [-0.15, -0.1) is 10.2 Å². The van der Waals surface area contributed by atoms with Gasteiger partial charge in [-0.1, -0.05) is 0 Å². The van der Waals surface area contributed by atoms with E-state index in [4.69, 9.17) is 0 Å². The van der Waals surface area contributed by atoms with Crippen LogP contribution in [0.4, 0.5) is 5.69 Å². The minimum absolute atomic E-state index is 0.00287. The molecule has 7 heteroatoms. The van der Waals surface area contributed by atoms with Crippen LogP contribution in [0.25, 0.3) is 11.4 Å². The molecule has 0 spiro atoms. The first kappa shape index (κ1) is 15.9. The average Bonchev–Trinajstić information content (AvgIpc) is 2.97. The molecule has 2 aromatic rings. The third-order valence-electron chi connectivity index (χ3n) is 3.49. The SMILES string of the molecule is CCN(CC)C(=O)Cn1nnc(-c2ccc(N(C)C)cc2)n1. The Morgan fingerprint density at radius 1 is 1.14 bits per heavy atom. The molecule has 2 rings (SSSR count). The summed E-state index contributed by atoms with van der Waals surface area (Å²) < 4.78 is 0. The van der Waals surface area contributed by atoms with E-state index in [1.54, 1.807) is 4.90 Å². The lowest BCUT2D eigenvalue weighted by molar-refractivity contribution is -0.131. The quantitative estimate of drug-likeness (QED) is 0.804.